The van der Waals surface area contributed by atoms with Crippen LogP contribution < -0.4 is 5.32 Å². The molecule has 4 rings (SSSR count). The largest absolute Gasteiger partial charge is 0.478 e. The smallest absolute Gasteiger partial charge is 0.337 e. The number of carbonyl (C=O) groups excluding carboxylic acids is 1. The van der Waals surface area contributed by atoms with Crippen LogP contribution >= 0.6 is 0 Å². The normalized spacial score (nSPS) is 18.3. The van der Waals surface area contributed by atoms with Crippen molar-refractivity contribution >= 4 is 27.5 Å². The van der Waals surface area contributed by atoms with Crippen molar-refractivity contribution in [3.63, 3.8) is 0 Å². The molecular weight excluding hydrogens is 408 g/mol. The maximum atomic E-state index is 13.1. The fourth-order valence-corrected chi connectivity index (χ4v) is 5.47. The second kappa shape index (κ2) is 8.17. The Morgan fingerprint density at radius 1 is 1.17 bits per heavy atom. The van der Waals surface area contributed by atoms with Crippen molar-refractivity contribution in [2.45, 2.75) is 61.3 Å². The lowest BCUT2D eigenvalue weighted by Crippen LogP contribution is -2.27. The van der Waals surface area contributed by atoms with Gasteiger partial charge in [0.15, 0.2) is 14.9 Å². The van der Waals surface area contributed by atoms with Crippen LogP contribution in [0.15, 0.2) is 35.9 Å². The van der Waals surface area contributed by atoms with Crippen LogP contribution in [-0.2, 0) is 14.6 Å². The van der Waals surface area contributed by atoms with Crippen molar-refractivity contribution in [2.75, 3.05) is 5.32 Å². The van der Waals surface area contributed by atoms with Crippen molar-refractivity contribution in [3.8, 4) is 0 Å². The van der Waals surface area contributed by atoms with Crippen molar-refractivity contribution in [1.29, 1.82) is 0 Å². The zero-order valence-electron chi connectivity index (χ0n) is 16.4. The highest BCUT2D eigenvalue weighted by Gasteiger charge is 2.39. The van der Waals surface area contributed by atoms with E-state index in [2.05, 4.69) is 15.3 Å². The predicted octanol–water partition coefficient (Wildman–Crippen LogP) is 2.67. The number of aromatic carboxylic acids is 1. The molecular formula is C20H24N4O5S. The zero-order chi connectivity index (χ0) is 21.3. The van der Waals surface area contributed by atoms with E-state index in [9.17, 15) is 18.0 Å². The minimum absolute atomic E-state index is 0.0122. The Labute approximate surface area is 174 Å². The number of carboxylic acids is 1. The number of nitrogens with one attached hydrogen (secondary N) is 1. The van der Waals surface area contributed by atoms with Gasteiger partial charge >= 0.3 is 5.97 Å². The lowest BCUT2D eigenvalue weighted by molar-refractivity contribution is -0.119. The molecule has 1 atom stereocenters. The number of hydrogen-bond donors (Lipinski definition) is 2. The average Bonchev–Trinajstić information content (AvgIpc) is 3.24. The molecule has 0 saturated heterocycles. The summed E-state index contributed by atoms with van der Waals surface area (Å²) in [5, 5.41) is 11.4. The highest BCUT2D eigenvalue weighted by molar-refractivity contribution is 7.92. The number of amides is 1. The fourth-order valence-electron chi connectivity index (χ4n) is 3.91. The van der Waals surface area contributed by atoms with Gasteiger partial charge in [0.2, 0.25) is 5.91 Å². The van der Waals surface area contributed by atoms with Crippen LogP contribution in [0.4, 0.5) is 5.82 Å². The first-order chi connectivity index (χ1) is 14.3. The Balaban J connectivity index is 1.55. The Hall–Kier alpha value is -2.75. The molecule has 2 aromatic heterocycles. The fraction of sp³-hybridized carbons (Fsp3) is 0.500. The Morgan fingerprint density at radius 3 is 2.50 bits per heavy atom. The molecule has 2 aromatic rings. The van der Waals surface area contributed by atoms with Crippen LogP contribution in [0, 0.1) is 5.92 Å². The first-order valence-electron chi connectivity index (χ1n) is 10.1. The number of rotatable bonds is 8. The number of sulfone groups is 1. The topological polar surface area (TPSA) is 131 Å². The quantitative estimate of drug-likeness (QED) is 0.655. The van der Waals surface area contributed by atoms with Gasteiger partial charge in [-0.25, -0.2) is 23.2 Å². The van der Waals surface area contributed by atoms with Gasteiger partial charge in [0.05, 0.1) is 17.1 Å². The number of carbonyl (C=O) groups is 2. The summed E-state index contributed by atoms with van der Waals surface area (Å²) in [6.07, 6.45) is 10.3. The van der Waals surface area contributed by atoms with Crippen LogP contribution in [0.25, 0.3) is 0 Å². The van der Waals surface area contributed by atoms with Crippen LogP contribution in [-0.4, -0.2) is 45.2 Å². The van der Waals surface area contributed by atoms with Crippen molar-refractivity contribution in [1.82, 2.24) is 14.5 Å². The second-order valence-electron chi connectivity index (χ2n) is 8.03. The van der Waals surface area contributed by atoms with E-state index in [1.807, 2.05) is 0 Å². The summed E-state index contributed by atoms with van der Waals surface area (Å²) in [6.45, 7) is 0. The average molecular weight is 433 g/mol. The third kappa shape index (κ3) is 4.38. The summed E-state index contributed by atoms with van der Waals surface area (Å²) in [5.74, 6) is -0.797. The molecule has 0 spiro atoms. The number of aromatic nitrogens is 3. The molecule has 1 amide bonds. The minimum Gasteiger partial charge on any atom is -0.478 e. The van der Waals surface area contributed by atoms with Gasteiger partial charge in [-0.3, -0.25) is 4.79 Å². The number of carboxylic acid groups (broad SMARTS) is 1. The number of anilines is 1. The third-order valence-electron chi connectivity index (χ3n) is 5.79. The van der Waals surface area contributed by atoms with E-state index in [1.54, 1.807) is 4.57 Å². The number of pyridine rings is 1. The van der Waals surface area contributed by atoms with E-state index in [1.165, 1.54) is 30.9 Å². The van der Waals surface area contributed by atoms with Gasteiger partial charge in [-0.05, 0) is 37.3 Å². The SMILES string of the molecule is O=C(O)c1ccc(NC(=O)[C@H](CC2CCCC2)n2cnc(S(=O)(=O)C3CC3)c2)nc1. The Morgan fingerprint density at radius 2 is 1.90 bits per heavy atom. The minimum atomic E-state index is -3.43. The highest BCUT2D eigenvalue weighted by Crippen LogP contribution is 2.35. The van der Waals surface area contributed by atoms with Crippen LogP contribution in [0.1, 0.15) is 61.3 Å². The predicted molar refractivity (Wildman–Crippen MR) is 108 cm³/mol. The van der Waals surface area contributed by atoms with E-state index in [4.69, 9.17) is 5.11 Å². The summed E-state index contributed by atoms with van der Waals surface area (Å²) in [4.78, 5) is 32.1. The number of hydrogen-bond acceptors (Lipinski definition) is 6. The third-order valence-corrected chi connectivity index (χ3v) is 7.93. The van der Waals surface area contributed by atoms with E-state index in [0.29, 0.717) is 25.2 Å². The number of nitrogens with zero attached hydrogens (tertiary/aromatic N) is 3. The van der Waals surface area contributed by atoms with Gasteiger partial charge in [0.1, 0.15) is 11.9 Å². The summed E-state index contributed by atoms with van der Waals surface area (Å²) < 4.78 is 26.6. The molecule has 30 heavy (non-hydrogen) atoms. The molecule has 2 N–H and O–H groups in total. The van der Waals surface area contributed by atoms with E-state index >= 15 is 0 Å². The Bertz CT molecular complexity index is 1040. The molecule has 2 aliphatic carbocycles. The monoisotopic (exact) mass is 432 g/mol. The molecule has 2 aliphatic rings. The lowest BCUT2D eigenvalue weighted by Gasteiger charge is -2.21. The lowest BCUT2D eigenvalue weighted by atomic mass is 9.97. The van der Waals surface area contributed by atoms with Gasteiger partial charge < -0.3 is 15.0 Å². The molecule has 0 bridgehead atoms. The molecule has 2 saturated carbocycles. The molecule has 10 heteroatoms. The molecule has 2 heterocycles. The number of imidazole rings is 1. The van der Waals surface area contributed by atoms with Crippen LogP contribution in [0.5, 0.6) is 0 Å². The van der Waals surface area contributed by atoms with Crippen LogP contribution in [0.2, 0.25) is 0 Å². The van der Waals surface area contributed by atoms with E-state index in [0.717, 1.165) is 25.7 Å². The molecule has 9 nitrogen and oxygen atoms in total. The molecule has 0 aromatic carbocycles. The first-order valence-corrected chi connectivity index (χ1v) is 11.7. The first kappa shape index (κ1) is 20.5. The molecule has 2 fully saturated rings. The van der Waals surface area contributed by atoms with Crippen molar-refractivity contribution in [3.05, 3.63) is 36.4 Å². The zero-order valence-corrected chi connectivity index (χ0v) is 17.2. The van der Waals surface area contributed by atoms with E-state index in [-0.39, 0.29) is 27.6 Å². The maximum absolute atomic E-state index is 13.1. The molecule has 0 unspecified atom stereocenters. The summed E-state index contributed by atoms with van der Waals surface area (Å²) >= 11 is 0. The van der Waals surface area contributed by atoms with Crippen molar-refractivity contribution in [2.24, 2.45) is 5.92 Å². The summed E-state index contributed by atoms with van der Waals surface area (Å²) in [7, 11) is -3.43. The van der Waals surface area contributed by atoms with Crippen LogP contribution in [0.3, 0.4) is 0 Å². The molecule has 160 valence electrons. The maximum Gasteiger partial charge on any atom is 0.337 e. The van der Waals surface area contributed by atoms with Gasteiger partial charge in [-0.2, -0.15) is 0 Å². The second-order valence-corrected chi connectivity index (χ2v) is 10.2. The molecule has 0 radical (unpaired) electrons. The van der Waals surface area contributed by atoms with Gasteiger partial charge in [0, 0.05) is 12.4 Å². The van der Waals surface area contributed by atoms with Gasteiger partial charge in [-0.1, -0.05) is 25.7 Å². The van der Waals surface area contributed by atoms with Gasteiger partial charge in [0.25, 0.3) is 0 Å². The van der Waals surface area contributed by atoms with Crippen molar-refractivity contribution < 1.29 is 23.1 Å². The summed E-state index contributed by atoms with van der Waals surface area (Å²) in [6, 6.07) is 2.18. The summed E-state index contributed by atoms with van der Waals surface area (Å²) in [5.41, 5.74) is 0.0278. The van der Waals surface area contributed by atoms with E-state index < -0.39 is 21.8 Å². The highest BCUT2D eigenvalue weighted by atomic mass is 32.2. The Kier molecular flexibility index (Phi) is 5.59. The molecule has 0 aliphatic heterocycles. The standard InChI is InChI=1S/C20H24N4O5S/c25-19(23-17-8-5-14(10-21-17)20(26)27)16(9-13-3-1-2-4-13)24-11-18(22-12-24)30(28,29)15-6-7-15/h5,8,10-13,15-16H,1-4,6-7,9H2,(H,26,27)(H,21,23,25)/t16-/m0/s1. The van der Waals surface area contributed by atoms with Gasteiger partial charge in [-0.15, -0.1) is 0 Å².